The van der Waals surface area contributed by atoms with Gasteiger partial charge in [0.15, 0.2) is 0 Å². The maximum atomic E-state index is 11.6. The van der Waals surface area contributed by atoms with Crippen LogP contribution in [0.4, 0.5) is 0 Å². The molecule has 0 amide bonds. The Morgan fingerprint density at radius 2 is 1.62 bits per heavy atom. The number of carboxylic acids is 2. The number of hydrogen-bond donors (Lipinski definition) is 2. The zero-order valence-electron chi connectivity index (χ0n) is 23.0. The van der Waals surface area contributed by atoms with Gasteiger partial charge in [-0.1, -0.05) is 66.2 Å². The summed E-state index contributed by atoms with van der Waals surface area (Å²) in [6.45, 7) is 0.629. The van der Waals surface area contributed by atoms with Crippen LogP contribution in [-0.2, 0) is 22.6 Å². The van der Waals surface area contributed by atoms with Crippen LogP contribution in [-0.4, -0.2) is 39.9 Å². The number of aliphatic carboxylic acids is 2. The molecule has 0 saturated heterocycles. The van der Waals surface area contributed by atoms with E-state index in [0.717, 1.165) is 46.2 Å². The number of ether oxygens (including phenoxy) is 2. The first-order valence-corrected chi connectivity index (χ1v) is 14.2. The first kappa shape index (κ1) is 29.0. The predicted octanol–water partition coefficient (Wildman–Crippen LogP) is 7.36. The molecule has 0 radical (unpaired) electrons. The minimum atomic E-state index is -0.928. The minimum absolute atomic E-state index is 0.131. The van der Waals surface area contributed by atoms with Crippen molar-refractivity contribution in [1.29, 1.82) is 0 Å². The van der Waals surface area contributed by atoms with Gasteiger partial charge >= 0.3 is 11.9 Å². The molecule has 8 heteroatoms. The smallest absolute Gasteiger partial charge is 0.323 e. The number of para-hydroxylation sites is 2. The molecule has 1 aliphatic carbocycles. The van der Waals surface area contributed by atoms with Crippen LogP contribution in [0.25, 0.3) is 23.1 Å². The number of fused-ring (bicyclic) bond motifs is 1. The van der Waals surface area contributed by atoms with Crippen LogP contribution in [0, 0.1) is 5.41 Å². The van der Waals surface area contributed by atoms with E-state index in [0.29, 0.717) is 30.4 Å². The van der Waals surface area contributed by atoms with Crippen molar-refractivity contribution < 1.29 is 29.3 Å². The van der Waals surface area contributed by atoms with E-state index in [1.807, 2.05) is 91.2 Å². The van der Waals surface area contributed by atoms with E-state index in [4.69, 9.17) is 21.1 Å². The van der Waals surface area contributed by atoms with E-state index in [2.05, 4.69) is 0 Å². The second kappa shape index (κ2) is 13.0. The molecule has 1 fully saturated rings. The Morgan fingerprint density at radius 1 is 0.881 bits per heavy atom. The van der Waals surface area contributed by atoms with E-state index in [-0.39, 0.29) is 18.4 Å². The van der Waals surface area contributed by atoms with E-state index in [9.17, 15) is 19.8 Å². The highest BCUT2D eigenvalue weighted by Crippen LogP contribution is 2.52. The molecule has 0 bridgehead atoms. The lowest BCUT2D eigenvalue weighted by atomic mass is 9.92. The summed E-state index contributed by atoms with van der Waals surface area (Å²) in [7, 11) is 0. The summed E-state index contributed by atoms with van der Waals surface area (Å²) in [5.41, 5.74) is 3.46. The standard InChI is InChI=1S/C34H32ClNO6/c35-29-8-1-2-9-30(29)42-19-4-3-18-41-27-14-11-24(12-15-27)10-13-25-6-5-7-28-26(20-34(16-17-34)21-31(37)38)22-36(33(25)28)23-32(39)40/h1-15,22H,16-21,23H2,(H,37,38)(H,39,40)/b4-3+,13-10+. The lowest BCUT2D eigenvalue weighted by molar-refractivity contribution is -0.139. The maximum Gasteiger partial charge on any atom is 0.323 e. The molecule has 7 nitrogen and oxygen atoms in total. The molecular formula is C34H32ClNO6. The van der Waals surface area contributed by atoms with Crippen molar-refractivity contribution in [3.05, 3.63) is 107 Å². The van der Waals surface area contributed by atoms with Gasteiger partial charge in [0.1, 0.15) is 31.3 Å². The van der Waals surface area contributed by atoms with E-state index >= 15 is 0 Å². The summed E-state index contributed by atoms with van der Waals surface area (Å²) in [4.78, 5) is 23.0. The molecule has 216 valence electrons. The van der Waals surface area contributed by atoms with Crippen molar-refractivity contribution >= 4 is 46.6 Å². The number of benzene rings is 3. The Bertz CT molecular complexity index is 1630. The SMILES string of the molecule is O=C(O)Cn1cc(CC2(CC(=O)O)CC2)c2cccc(/C=C/c3ccc(OC/C=C/COc4ccccc4Cl)cc3)c21. The minimum Gasteiger partial charge on any atom is -0.490 e. The number of rotatable bonds is 14. The molecule has 1 aromatic heterocycles. The summed E-state index contributed by atoms with van der Waals surface area (Å²) in [6, 6.07) is 21.0. The van der Waals surface area contributed by atoms with Gasteiger partial charge in [0.05, 0.1) is 17.0 Å². The van der Waals surface area contributed by atoms with Gasteiger partial charge in [-0.3, -0.25) is 9.59 Å². The van der Waals surface area contributed by atoms with Crippen molar-refractivity contribution in [3.8, 4) is 11.5 Å². The second-order valence-corrected chi connectivity index (χ2v) is 11.0. The molecule has 2 N–H and O–H groups in total. The van der Waals surface area contributed by atoms with Crippen molar-refractivity contribution in [3.63, 3.8) is 0 Å². The molecule has 1 aliphatic rings. The maximum absolute atomic E-state index is 11.6. The van der Waals surface area contributed by atoms with Gasteiger partial charge in [0.2, 0.25) is 0 Å². The number of aromatic nitrogens is 1. The summed E-state index contributed by atoms with van der Waals surface area (Å²) in [6.07, 6.45) is 12.1. The molecular weight excluding hydrogens is 554 g/mol. The Morgan fingerprint density at radius 3 is 2.31 bits per heavy atom. The molecule has 1 saturated carbocycles. The topological polar surface area (TPSA) is 98.0 Å². The summed E-state index contributed by atoms with van der Waals surface area (Å²) < 4.78 is 13.2. The molecule has 3 aromatic carbocycles. The number of halogens is 1. The molecule has 5 rings (SSSR count). The molecule has 0 spiro atoms. The van der Waals surface area contributed by atoms with Crippen LogP contribution in [0.5, 0.6) is 11.5 Å². The molecule has 0 atom stereocenters. The summed E-state index contributed by atoms with van der Waals surface area (Å²) >= 11 is 6.09. The van der Waals surface area contributed by atoms with Crippen LogP contribution in [0.3, 0.4) is 0 Å². The van der Waals surface area contributed by atoms with Crippen LogP contribution in [0.2, 0.25) is 5.02 Å². The van der Waals surface area contributed by atoms with Crippen molar-refractivity contribution in [1.82, 2.24) is 4.57 Å². The summed E-state index contributed by atoms with van der Waals surface area (Å²) in [5.74, 6) is -0.344. The highest BCUT2D eigenvalue weighted by atomic mass is 35.5. The number of carbonyl (C=O) groups is 2. The first-order chi connectivity index (χ1) is 20.3. The van der Waals surface area contributed by atoms with Crippen LogP contribution >= 0.6 is 11.6 Å². The van der Waals surface area contributed by atoms with Gasteiger partial charge in [-0.15, -0.1) is 0 Å². The normalized spacial score (nSPS) is 14.0. The van der Waals surface area contributed by atoms with Crippen LogP contribution < -0.4 is 9.47 Å². The van der Waals surface area contributed by atoms with Gasteiger partial charge in [0.25, 0.3) is 0 Å². The molecule has 42 heavy (non-hydrogen) atoms. The molecule has 1 heterocycles. The Labute approximate surface area is 249 Å². The van der Waals surface area contributed by atoms with Crippen molar-refractivity contribution in [2.75, 3.05) is 13.2 Å². The largest absolute Gasteiger partial charge is 0.490 e. The highest BCUT2D eigenvalue weighted by Gasteiger charge is 2.44. The molecule has 0 unspecified atom stereocenters. The number of nitrogens with zero attached hydrogens (tertiary/aromatic N) is 1. The Kier molecular flexibility index (Phi) is 8.98. The Hall–Kier alpha value is -4.49. The van der Waals surface area contributed by atoms with Crippen molar-refractivity contribution in [2.45, 2.75) is 32.2 Å². The second-order valence-electron chi connectivity index (χ2n) is 10.6. The van der Waals surface area contributed by atoms with Gasteiger partial charge in [-0.05, 0) is 77.8 Å². The van der Waals surface area contributed by atoms with Gasteiger partial charge < -0.3 is 24.3 Å². The fourth-order valence-electron chi connectivity index (χ4n) is 5.17. The average Bonchev–Trinajstić information content (AvgIpc) is 3.62. The number of carboxylic acid groups (broad SMARTS) is 2. The summed E-state index contributed by atoms with van der Waals surface area (Å²) in [5, 5.41) is 20.4. The fourth-order valence-corrected chi connectivity index (χ4v) is 5.36. The third-order valence-electron chi connectivity index (χ3n) is 7.39. The van der Waals surface area contributed by atoms with Gasteiger partial charge in [-0.2, -0.15) is 0 Å². The van der Waals surface area contributed by atoms with Gasteiger partial charge in [-0.25, -0.2) is 0 Å². The Balaban J connectivity index is 1.23. The third kappa shape index (κ3) is 7.42. The van der Waals surface area contributed by atoms with Crippen molar-refractivity contribution in [2.24, 2.45) is 5.41 Å². The highest BCUT2D eigenvalue weighted by molar-refractivity contribution is 6.32. The fraction of sp³-hybridized carbons (Fsp3) is 0.235. The van der Waals surface area contributed by atoms with E-state index in [1.54, 1.807) is 10.6 Å². The van der Waals surface area contributed by atoms with E-state index in [1.165, 1.54) is 0 Å². The third-order valence-corrected chi connectivity index (χ3v) is 7.70. The van der Waals surface area contributed by atoms with Crippen LogP contribution in [0.15, 0.2) is 85.1 Å². The lowest BCUT2D eigenvalue weighted by Crippen LogP contribution is -2.11. The first-order valence-electron chi connectivity index (χ1n) is 13.8. The molecule has 0 aliphatic heterocycles. The predicted molar refractivity (Wildman–Crippen MR) is 164 cm³/mol. The zero-order valence-corrected chi connectivity index (χ0v) is 23.8. The van der Waals surface area contributed by atoms with E-state index < -0.39 is 11.9 Å². The lowest BCUT2D eigenvalue weighted by Gasteiger charge is -2.11. The monoisotopic (exact) mass is 585 g/mol. The quantitative estimate of drug-likeness (QED) is 0.118. The van der Waals surface area contributed by atoms with Crippen LogP contribution in [0.1, 0.15) is 36.0 Å². The molecule has 4 aromatic rings. The number of hydrogen-bond acceptors (Lipinski definition) is 4. The van der Waals surface area contributed by atoms with Gasteiger partial charge in [0, 0.05) is 11.6 Å². The zero-order chi connectivity index (χ0) is 29.5. The average molecular weight is 586 g/mol.